The Labute approximate surface area is 99.8 Å². The lowest BCUT2D eigenvalue weighted by molar-refractivity contribution is -0.157. The number of nitrogens with zero attached hydrogens (tertiary/aromatic N) is 1. The molecular formula is C11H17NO5. The lowest BCUT2D eigenvalue weighted by atomic mass is 10.1. The van der Waals surface area contributed by atoms with E-state index in [9.17, 15) is 9.59 Å². The summed E-state index contributed by atoms with van der Waals surface area (Å²) in [5.74, 6) is -0.536. The number of hydrogen-bond acceptors (Lipinski definition) is 5. The van der Waals surface area contributed by atoms with Gasteiger partial charge in [-0.05, 0) is 6.42 Å². The fraction of sp³-hybridized carbons (Fsp3) is 0.818. The molecule has 0 bridgehead atoms. The molecule has 1 amide bonds. The smallest absolute Gasteiger partial charge is 0.310 e. The maximum Gasteiger partial charge on any atom is 0.310 e. The molecule has 2 atom stereocenters. The second-order valence-corrected chi connectivity index (χ2v) is 4.23. The maximum absolute atomic E-state index is 12.0. The Morgan fingerprint density at radius 1 is 1.35 bits per heavy atom. The van der Waals surface area contributed by atoms with Crippen molar-refractivity contribution in [3.8, 4) is 0 Å². The van der Waals surface area contributed by atoms with Gasteiger partial charge in [-0.15, -0.1) is 0 Å². The van der Waals surface area contributed by atoms with Gasteiger partial charge in [-0.2, -0.15) is 0 Å². The monoisotopic (exact) mass is 243 g/mol. The average Bonchev–Trinajstić information content (AvgIpc) is 2.87. The zero-order valence-electron chi connectivity index (χ0n) is 9.89. The number of carbonyl (C=O) groups excluding carboxylic acids is 2. The van der Waals surface area contributed by atoms with E-state index in [0.717, 1.165) is 0 Å². The topological polar surface area (TPSA) is 65.1 Å². The first-order valence-corrected chi connectivity index (χ1v) is 5.78. The van der Waals surface area contributed by atoms with Crippen molar-refractivity contribution in [3.63, 3.8) is 0 Å². The first-order valence-electron chi connectivity index (χ1n) is 5.78. The molecule has 6 heteroatoms. The summed E-state index contributed by atoms with van der Waals surface area (Å²) in [4.78, 5) is 25.0. The minimum Gasteiger partial charge on any atom is -0.469 e. The molecule has 6 nitrogen and oxygen atoms in total. The van der Waals surface area contributed by atoms with E-state index >= 15 is 0 Å². The van der Waals surface area contributed by atoms with Gasteiger partial charge in [0.25, 0.3) is 5.91 Å². The van der Waals surface area contributed by atoms with Crippen LogP contribution in [0.4, 0.5) is 0 Å². The van der Waals surface area contributed by atoms with Gasteiger partial charge in [0.2, 0.25) is 0 Å². The number of hydrogen-bond donors (Lipinski definition) is 0. The summed E-state index contributed by atoms with van der Waals surface area (Å²) in [6, 6.07) is 0. The highest BCUT2D eigenvalue weighted by atomic mass is 16.6. The molecule has 0 aromatic heterocycles. The van der Waals surface area contributed by atoms with Gasteiger partial charge in [-0.1, -0.05) is 0 Å². The second kappa shape index (κ2) is 5.46. The van der Waals surface area contributed by atoms with Gasteiger partial charge in [-0.25, -0.2) is 0 Å². The molecule has 2 saturated heterocycles. The van der Waals surface area contributed by atoms with Crippen LogP contribution in [-0.2, 0) is 23.8 Å². The Bertz CT molecular complexity index is 300. The summed E-state index contributed by atoms with van der Waals surface area (Å²) < 4.78 is 15.2. The van der Waals surface area contributed by atoms with Gasteiger partial charge in [0.05, 0.1) is 32.8 Å². The molecule has 2 aliphatic heterocycles. The highest BCUT2D eigenvalue weighted by Crippen LogP contribution is 2.19. The first kappa shape index (κ1) is 12.3. The van der Waals surface area contributed by atoms with Crippen molar-refractivity contribution in [2.45, 2.75) is 12.5 Å². The van der Waals surface area contributed by atoms with E-state index in [1.54, 1.807) is 4.90 Å². The van der Waals surface area contributed by atoms with Crippen LogP contribution in [0.1, 0.15) is 6.42 Å². The summed E-state index contributed by atoms with van der Waals surface area (Å²) >= 11 is 0. The largest absolute Gasteiger partial charge is 0.469 e. The highest BCUT2D eigenvalue weighted by Gasteiger charge is 2.35. The zero-order chi connectivity index (χ0) is 12.3. The van der Waals surface area contributed by atoms with Crippen LogP contribution >= 0.6 is 0 Å². The summed E-state index contributed by atoms with van der Waals surface area (Å²) in [5.41, 5.74) is 0. The average molecular weight is 243 g/mol. The third-order valence-electron chi connectivity index (χ3n) is 3.13. The second-order valence-electron chi connectivity index (χ2n) is 4.23. The van der Waals surface area contributed by atoms with Crippen LogP contribution in [0.25, 0.3) is 0 Å². The van der Waals surface area contributed by atoms with Gasteiger partial charge < -0.3 is 19.1 Å². The van der Waals surface area contributed by atoms with Crippen LogP contribution in [0.15, 0.2) is 0 Å². The lowest BCUT2D eigenvalue weighted by Crippen LogP contribution is -2.44. The molecule has 2 fully saturated rings. The van der Waals surface area contributed by atoms with E-state index in [0.29, 0.717) is 39.3 Å². The van der Waals surface area contributed by atoms with Gasteiger partial charge >= 0.3 is 5.97 Å². The van der Waals surface area contributed by atoms with E-state index in [1.807, 2.05) is 0 Å². The first-order chi connectivity index (χ1) is 8.22. The summed E-state index contributed by atoms with van der Waals surface area (Å²) in [5, 5.41) is 0. The highest BCUT2D eigenvalue weighted by molar-refractivity contribution is 5.83. The lowest BCUT2D eigenvalue weighted by Gasteiger charge is -2.26. The summed E-state index contributed by atoms with van der Waals surface area (Å²) in [6.07, 6.45) is 0.145. The normalized spacial score (nSPS) is 29.1. The van der Waals surface area contributed by atoms with Crippen molar-refractivity contribution in [2.24, 2.45) is 5.92 Å². The molecule has 0 aromatic rings. The third kappa shape index (κ3) is 2.76. The molecule has 17 heavy (non-hydrogen) atoms. The van der Waals surface area contributed by atoms with Crippen LogP contribution in [0.2, 0.25) is 0 Å². The number of amides is 1. The number of esters is 1. The van der Waals surface area contributed by atoms with Gasteiger partial charge in [0.15, 0.2) is 6.10 Å². The molecule has 0 radical (unpaired) electrons. The Balaban J connectivity index is 1.87. The standard InChI is InChI=1S/C11H17NO5/c1-15-11(14)8-2-3-12(6-8)10(13)9-7-16-4-5-17-9/h8-9H,2-7H2,1H3. The molecular weight excluding hydrogens is 226 g/mol. The van der Waals surface area contributed by atoms with Crippen LogP contribution in [-0.4, -0.2) is 62.9 Å². The number of methoxy groups -OCH3 is 1. The van der Waals surface area contributed by atoms with E-state index in [1.165, 1.54) is 7.11 Å². The van der Waals surface area contributed by atoms with Crippen molar-refractivity contribution in [2.75, 3.05) is 40.0 Å². The third-order valence-corrected chi connectivity index (χ3v) is 3.13. The van der Waals surface area contributed by atoms with E-state index in [2.05, 4.69) is 4.74 Å². The number of rotatable bonds is 2. The van der Waals surface area contributed by atoms with E-state index in [-0.39, 0.29) is 17.8 Å². The minimum absolute atomic E-state index is 0.0869. The molecule has 0 saturated carbocycles. The van der Waals surface area contributed by atoms with Crippen LogP contribution < -0.4 is 0 Å². The van der Waals surface area contributed by atoms with Crippen molar-refractivity contribution in [3.05, 3.63) is 0 Å². The van der Waals surface area contributed by atoms with Crippen LogP contribution in [0, 0.1) is 5.92 Å². The van der Waals surface area contributed by atoms with Gasteiger partial charge in [0, 0.05) is 13.1 Å². The molecule has 2 rings (SSSR count). The summed E-state index contributed by atoms with van der Waals surface area (Å²) in [6.45, 7) is 2.29. The maximum atomic E-state index is 12.0. The SMILES string of the molecule is COC(=O)C1CCN(C(=O)C2COCCO2)C1. The Morgan fingerprint density at radius 2 is 2.18 bits per heavy atom. The zero-order valence-corrected chi connectivity index (χ0v) is 9.89. The number of likely N-dealkylation sites (tertiary alicyclic amines) is 1. The molecule has 2 heterocycles. The fourth-order valence-electron chi connectivity index (χ4n) is 2.15. The molecule has 0 spiro atoms. The van der Waals surface area contributed by atoms with Crippen LogP contribution in [0.5, 0.6) is 0 Å². The molecule has 0 aliphatic carbocycles. The Morgan fingerprint density at radius 3 is 2.82 bits per heavy atom. The van der Waals surface area contributed by atoms with Crippen molar-refractivity contribution < 1.29 is 23.8 Å². The van der Waals surface area contributed by atoms with E-state index < -0.39 is 6.10 Å². The fourth-order valence-corrected chi connectivity index (χ4v) is 2.15. The van der Waals surface area contributed by atoms with Gasteiger partial charge in [0.1, 0.15) is 0 Å². The quantitative estimate of drug-likeness (QED) is 0.607. The van der Waals surface area contributed by atoms with Crippen molar-refractivity contribution in [1.82, 2.24) is 4.90 Å². The molecule has 0 aromatic carbocycles. The Hall–Kier alpha value is -1.14. The Kier molecular flexibility index (Phi) is 3.96. The minimum atomic E-state index is -0.514. The number of carbonyl (C=O) groups is 2. The molecule has 2 aliphatic rings. The van der Waals surface area contributed by atoms with Gasteiger partial charge in [-0.3, -0.25) is 9.59 Å². The van der Waals surface area contributed by atoms with Crippen LogP contribution in [0.3, 0.4) is 0 Å². The molecule has 2 unspecified atom stereocenters. The predicted octanol–water partition coefficient (Wildman–Crippen LogP) is -0.577. The number of ether oxygens (including phenoxy) is 3. The molecule has 0 N–H and O–H groups in total. The van der Waals surface area contributed by atoms with Crippen molar-refractivity contribution >= 4 is 11.9 Å². The predicted molar refractivity (Wildman–Crippen MR) is 57.3 cm³/mol. The summed E-state index contributed by atoms with van der Waals surface area (Å²) in [7, 11) is 1.37. The van der Waals surface area contributed by atoms with E-state index in [4.69, 9.17) is 9.47 Å². The molecule has 96 valence electrons. The van der Waals surface area contributed by atoms with Crippen molar-refractivity contribution in [1.29, 1.82) is 0 Å².